The number of thiazole rings is 1. The zero-order valence-electron chi connectivity index (χ0n) is 13.9. The van der Waals surface area contributed by atoms with Crippen LogP contribution in [0.1, 0.15) is 36.6 Å². The molecule has 0 unspecified atom stereocenters. The van der Waals surface area contributed by atoms with Gasteiger partial charge in [0, 0.05) is 24.2 Å². The summed E-state index contributed by atoms with van der Waals surface area (Å²) in [5, 5.41) is 7.75. The Labute approximate surface area is 160 Å². The van der Waals surface area contributed by atoms with Crippen molar-refractivity contribution < 1.29 is 4.74 Å². The van der Waals surface area contributed by atoms with E-state index in [-0.39, 0.29) is 24.0 Å². The van der Waals surface area contributed by atoms with Crippen LogP contribution in [0.3, 0.4) is 0 Å². The number of ether oxygens (including phenoxy) is 1. The number of halogens is 1. The first-order valence-corrected chi connectivity index (χ1v) is 8.84. The Morgan fingerprint density at radius 2 is 2.26 bits per heavy atom. The lowest BCUT2D eigenvalue weighted by Crippen LogP contribution is -2.38. The number of hydrogen-bond donors (Lipinski definition) is 2. The van der Waals surface area contributed by atoms with E-state index < -0.39 is 0 Å². The van der Waals surface area contributed by atoms with Crippen molar-refractivity contribution in [1.82, 2.24) is 15.6 Å². The van der Waals surface area contributed by atoms with Crippen molar-refractivity contribution in [3.05, 3.63) is 27.7 Å². The molecule has 2 rings (SSSR count). The molecule has 0 bridgehead atoms. The number of hydrogen-bond acceptors (Lipinski definition) is 4. The van der Waals surface area contributed by atoms with E-state index in [9.17, 15) is 0 Å². The summed E-state index contributed by atoms with van der Waals surface area (Å²) in [5.41, 5.74) is 1.47. The Hall–Kier alpha value is -0.670. The molecule has 0 radical (unpaired) electrons. The molecule has 1 aliphatic heterocycles. The lowest BCUT2D eigenvalue weighted by atomic mass is 10.1. The van der Waals surface area contributed by atoms with E-state index >= 15 is 0 Å². The number of rotatable bonds is 7. The van der Waals surface area contributed by atoms with Crippen LogP contribution in [-0.2, 0) is 17.7 Å². The third kappa shape index (κ3) is 7.63. The Kier molecular flexibility index (Phi) is 10.5. The molecule has 7 heteroatoms. The SMILES string of the molecule is CCNC(=NCc1ncc(CC)s1)NCCC1=CCOCC1.I. The van der Waals surface area contributed by atoms with Crippen LogP contribution in [0.4, 0.5) is 0 Å². The summed E-state index contributed by atoms with van der Waals surface area (Å²) in [6, 6.07) is 0. The molecule has 0 amide bonds. The van der Waals surface area contributed by atoms with E-state index in [0.29, 0.717) is 6.54 Å². The molecule has 0 fully saturated rings. The molecular weight excluding hydrogens is 423 g/mol. The largest absolute Gasteiger partial charge is 0.377 e. The van der Waals surface area contributed by atoms with E-state index in [1.54, 1.807) is 11.3 Å². The zero-order chi connectivity index (χ0) is 15.6. The monoisotopic (exact) mass is 450 g/mol. The molecule has 130 valence electrons. The summed E-state index contributed by atoms with van der Waals surface area (Å²) < 4.78 is 5.33. The van der Waals surface area contributed by atoms with Crippen LogP contribution >= 0.6 is 35.3 Å². The van der Waals surface area contributed by atoms with E-state index in [4.69, 9.17) is 4.74 Å². The molecule has 2 N–H and O–H groups in total. The fraction of sp³-hybridized carbons (Fsp3) is 0.625. The zero-order valence-corrected chi connectivity index (χ0v) is 17.1. The Bertz CT molecular complexity index is 516. The minimum absolute atomic E-state index is 0. The highest BCUT2D eigenvalue weighted by molar-refractivity contribution is 14.0. The smallest absolute Gasteiger partial charge is 0.191 e. The molecule has 0 aliphatic carbocycles. The van der Waals surface area contributed by atoms with Crippen molar-refractivity contribution in [2.24, 2.45) is 4.99 Å². The molecule has 0 atom stereocenters. The molecular formula is C16H27IN4OS. The predicted octanol–water partition coefficient (Wildman–Crippen LogP) is 3.12. The van der Waals surface area contributed by atoms with E-state index in [1.807, 2.05) is 6.20 Å². The first-order valence-electron chi connectivity index (χ1n) is 8.03. The standard InChI is InChI=1S/C16H26N4OS.HI/c1-3-14-11-19-15(22-14)12-20-16(17-4-2)18-8-5-13-6-9-21-10-7-13;/h6,11H,3-5,7-10,12H2,1-2H3,(H2,17,18,20);1H. The number of aliphatic imine (C=N–C) groups is 1. The van der Waals surface area contributed by atoms with Gasteiger partial charge in [0.2, 0.25) is 0 Å². The summed E-state index contributed by atoms with van der Waals surface area (Å²) in [6.07, 6.45) is 7.28. The quantitative estimate of drug-likeness (QED) is 0.290. The van der Waals surface area contributed by atoms with Crippen LogP contribution in [0.2, 0.25) is 0 Å². The average molecular weight is 450 g/mol. The second kappa shape index (κ2) is 11.8. The van der Waals surface area contributed by atoms with E-state index in [1.165, 1.54) is 10.5 Å². The van der Waals surface area contributed by atoms with Crippen molar-refractivity contribution in [3.8, 4) is 0 Å². The van der Waals surface area contributed by atoms with Gasteiger partial charge in [-0.05, 0) is 26.2 Å². The Morgan fingerprint density at radius 1 is 1.39 bits per heavy atom. The number of nitrogens with zero attached hydrogens (tertiary/aromatic N) is 2. The summed E-state index contributed by atoms with van der Waals surface area (Å²) in [6.45, 7) is 8.23. The van der Waals surface area contributed by atoms with E-state index in [0.717, 1.165) is 56.5 Å². The fourth-order valence-electron chi connectivity index (χ4n) is 2.21. The molecule has 1 aromatic rings. The third-order valence-electron chi connectivity index (χ3n) is 3.46. The first kappa shape index (κ1) is 20.4. The topological polar surface area (TPSA) is 58.5 Å². The number of nitrogens with one attached hydrogen (secondary N) is 2. The minimum atomic E-state index is 0. The second-order valence-electron chi connectivity index (χ2n) is 5.13. The average Bonchev–Trinajstić information content (AvgIpc) is 3.02. The predicted molar refractivity (Wildman–Crippen MR) is 108 cm³/mol. The van der Waals surface area contributed by atoms with Crippen molar-refractivity contribution in [1.29, 1.82) is 0 Å². The van der Waals surface area contributed by atoms with Gasteiger partial charge in [-0.15, -0.1) is 35.3 Å². The number of aryl methyl sites for hydroxylation is 1. The van der Waals surface area contributed by atoms with Crippen LogP contribution < -0.4 is 10.6 Å². The molecule has 5 nitrogen and oxygen atoms in total. The van der Waals surface area contributed by atoms with Gasteiger partial charge in [0.1, 0.15) is 5.01 Å². The van der Waals surface area contributed by atoms with Crippen LogP contribution in [0.5, 0.6) is 0 Å². The van der Waals surface area contributed by atoms with Crippen LogP contribution in [-0.4, -0.2) is 37.2 Å². The van der Waals surface area contributed by atoms with Crippen molar-refractivity contribution in [3.63, 3.8) is 0 Å². The van der Waals surface area contributed by atoms with Crippen LogP contribution in [0.15, 0.2) is 22.8 Å². The molecule has 0 aromatic carbocycles. The summed E-state index contributed by atoms with van der Waals surface area (Å²) in [4.78, 5) is 10.3. The van der Waals surface area contributed by atoms with Crippen LogP contribution in [0, 0.1) is 0 Å². The van der Waals surface area contributed by atoms with Gasteiger partial charge in [-0.1, -0.05) is 18.6 Å². The first-order chi connectivity index (χ1) is 10.8. The van der Waals surface area contributed by atoms with Gasteiger partial charge >= 0.3 is 0 Å². The molecule has 2 heterocycles. The second-order valence-corrected chi connectivity index (χ2v) is 6.33. The molecule has 0 spiro atoms. The summed E-state index contributed by atoms with van der Waals surface area (Å²) >= 11 is 1.74. The van der Waals surface area contributed by atoms with Crippen molar-refractivity contribution in [2.45, 2.75) is 39.7 Å². The maximum Gasteiger partial charge on any atom is 0.191 e. The van der Waals surface area contributed by atoms with Gasteiger partial charge in [0.15, 0.2) is 5.96 Å². The van der Waals surface area contributed by atoms with Crippen LogP contribution in [0.25, 0.3) is 0 Å². The fourth-order valence-corrected chi connectivity index (χ4v) is 2.99. The Balaban J connectivity index is 0.00000264. The third-order valence-corrected chi connectivity index (χ3v) is 4.59. The summed E-state index contributed by atoms with van der Waals surface area (Å²) in [5.74, 6) is 0.864. The molecule has 0 saturated heterocycles. The van der Waals surface area contributed by atoms with Crippen molar-refractivity contribution >= 4 is 41.3 Å². The summed E-state index contributed by atoms with van der Waals surface area (Å²) in [7, 11) is 0. The molecule has 1 aromatic heterocycles. The maximum atomic E-state index is 5.33. The van der Waals surface area contributed by atoms with Gasteiger partial charge in [0.25, 0.3) is 0 Å². The number of aromatic nitrogens is 1. The van der Waals surface area contributed by atoms with Gasteiger partial charge in [-0.25, -0.2) is 9.98 Å². The number of guanidine groups is 1. The van der Waals surface area contributed by atoms with Gasteiger partial charge in [-0.2, -0.15) is 0 Å². The highest BCUT2D eigenvalue weighted by Crippen LogP contribution is 2.14. The van der Waals surface area contributed by atoms with Gasteiger partial charge < -0.3 is 15.4 Å². The molecule has 23 heavy (non-hydrogen) atoms. The minimum Gasteiger partial charge on any atom is -0.377 e. The van der Waals surface area contributed by atoms with Gasteiger partial charge in [-0.3, -0.25) is 0 Å². The lowest BCUT2D eigenvalue weighted by Gasteiger charge is -2.15. The maximum absolute atomic E-state index is 5.33. The van der Waals surface area contributed by atoms with Gasteiger partial charge in [0.05, 0.1) is 19.8 Å². The highest BCUT2D eigenvalue weighted by atomic mass is 127. The Morgan fingerprint density at radius 3 is 2.91 bits per heavy atom. The molecule has 0 saturated carbocycles. The molecule has 1 aliphatic rings. The van der Waals surface area contributed by atoms with Crippen molar-refractivity contribution in [2.75, 3.05) is 26.3 Å². The lowest BCUT2D eigenvalue weighted by molar-refractivity contribution is 0.153. The highest BCUT2D eigenvalue weighted by Gasteiger charge is 2.05. The van der Waals surface area contributed by atoms with E-state index in [2.05, 4.69) is 40.5 Å². The normalized spacial score (nSPS) is 14.9.